The van der Waals surface area contributed by atoms with E-state index in [1.807, 2.05) is 95.7 Å². The predicted molar refractivity (Wildman–Crippen MR) is 143 cm³/mol. The molecular formula is C31H21FN4O. The second-order valence-corrected chi connectivity index (χ2v) is 8.28. The van der Waals surface area contributed by atoms with Crippen LogP contribution in [0.15, 0.2) is 121 Å². The molecule has 1 aromatic heterocycles. The highest BCUT2D eigenvalue weighted by atomic mass is 19.1. The third-order valence-corrected chi connectivity index (χ3v) is 5.76. The molecular weight excluding hydrogens is 463 g/mol. The summed E-state index contributed by atoms with van der Waals surface area (Å²) in [5, 5.41) is 17.0. The van der Waals surface area contributed by atoms with Crippen LogP contribution in [-0.2, 0) is 4.79 Å². The number of aromatic nitrogens is 2. The maximum Gasteiger partial charge on any atom is 0.266 e. The highest BCUT2D eigenvalue weighted by Crippen LogP contribution is 2.29. The lowest BCUT2D eigenvalue weighted by molar-refractivity contribution is -0.112. The van der Waals surface area contributed by atoms with Crippen molar-refractivity contribution in [1.29, 1.82) is 5.26 Å². The SMILES string of the molecule is N#CC(=Cc1ccc(-n2nc(-c3ccccc3)cc2-c2ccccc2)cc1)C(=O)Nc1ccc(F)cc1. The van der Waals surface area contributed by atoms with Gasteiger partial charge in [-0.15, -0.1) is 0 Å². The topological polar surface area (TPSA) is 70.7 Å². The molecule has 6 heteroatoms. The van der Waals surface area contributed by atoms with Gasteiger partial charge in [0.1, 0.15) is 17.5 Å². The molecule has 178 valence electrons. The van der Waals surface area contributed by atoms with Crippen LogP contribution in [0.5, 0.6) is 0 Å². The summed E-state index contributed by atoms with van der Waals surface area (Å²) in [7, 11) is 0. The molecule has 0 atom stereocenters. The molecule has 0 saturated heterocycles. The van der Waals surface area contributed by atoms with Crippen molar-refractivity contribution in [3.8, 4) is 34.3 Å². The van der Waals surface area contributed by atoms with E-state index < -0.39 is 11.7 Å². The summed E-state index contributed by atoms with van der Waals surface area (Å²) in [6.45, 7) is 0. The Kier molecular flexibility index (Phi) is 6.69. The zero-order valence-electron chi connectivity index (χ0n) is 19.7. The lowest BCUT2D eigenvalue weighted by Crippen LogP contribution is -2.13. The van der Waals surface area contributed by atoms with Gasteiger partial charge in [-0.2, -0.15) is 10.4 Å². The van der Waals surface area contributed by atoms with Crippen molar-refractivity contribution in [3.63, 3.8) is 0 Å². The number of halogens is 1. The number of rotatable bonds is 6. The van der Waals surface area contributed by atoms with Gasteiger partial charge in [0.25, 0.3) is 5.91 Å². The fourth-order valence-corrected chi connectivity index (χ4v) is 3.90. The summed E-state index contributed by atoms with van der Waals surface area (Å²) in [6.07, 6.45) is 1.51. The van der Waals surface area contributed by atoms with Crippen LogP contribution in [-0.4, -0.2) is 15.7 Å². The van der Waals surface area contributed by atoms with Crippen molar-refractivity contribution >= 4 is 17.7 Å². The van der Waals surface area contributed by atoms with Crippen LogP contribution in [0.1, 0.15) is 5.56 Å². The summed E-state index contributed by atoms with van der Waals surface area (Å²) in [5.74, 6) is -0.971. The first-order valence-electron chi connectivity index (χ1n) is 11.6. The molecule has 5 aromatic rings. The molecule has 5 nitrogen and oxygen atoms in total. The van der Waals surface area contributed by atoms with Crippen LogP contribution >= 0.6 is 0 Å². The number of nitriles is 1. The van der Waals surface area contributed by atoms with Crippen LogP contribution in [0.4, 0.5) is 10.1 Å². The zero-order chi connectivity index (χ0) is 25.6. The van der Waals surface area contributed by atoms with Crippen molar-refractivity contribution in [2.45, 2.75) is 0 Å². The van der Waals surface area contributed by atoms with Crippen LogP contribution in [0.2, 0.25) is 0 Å². The van der Waals surface area contributed by atoms with Gasteiger partial charge in [-0.1, -0.05) is 72.8 Å². The van der Waals surface area contributed by atoms with Gasteiger partial charge < -0.3 is 5.32 Å². The zero-order valence-corrected chi connectivity index (χ0v) is 19.7. The fraction of sp³-hybridized carbons (Fsp3) is 0. The summed E-state index contributed by atoms with van der Waals surface area (Å²) in [5.41, 5.74) is 5.72. The Bertz CT molecular complexity index is 1600. The van der Waals surface area contributed by atoms with Crippen molar-refractivity contribution < 1.29 is 9.18 Å². The standard InChI is InChI=1S/C31H21FN4O/c32-26-13-15-27(16-14-26)34-31(37)25(21-33)19-22-11-17-28(18-12-22)36-30(24-9-5-2-6-10-24)20-29(35-36)23-7-3-1-4-8-23/h1-20H,(H,34,37). The Balaban J connectivity index is 1.45. The molecule has 0 radical (unpaired) electrons. The molecule has 1 N–H and O–H groups in total. The van der Waals surface area contributed by atoms with Crippen LogP contribution < -0.4 is 5.32 Å². The number of amides is 1. The first kappa shape index (κ1) is 23.5. The maximum atomic E-state index is 13.1. The van der Waals surface area contributed by atoms with E-state index in [9.17, 15) is 14.4 Å². The quantitative estimate of drug-likeness (QED) is 0.211. The van der Waals surface area contributed by atoms with E-state index >= 15 is 0 Å². The van der Waals surface area contributed by atoms with Gasteiger partial charge >= 0.3 is 0 Å². The lowest BCUT2D eigenvalue weighted by Gasteiger charge is -2.08. The highest BCUT2D eigenvalue weighted by Gasteiger charge is 2.14. The molecule has 0 bridgehead atoms. The van der Waals surface area contributed by atoms with E-state index in [4.69, 9.17) is 5.10 Å². The monoisotopic (exact) mass is 484 g/mol. The van der Waals surface area contributed by atoms with Gasteiger partial charge in [0, 0.05) is 16.8 Å². The lowest BCUT2D eigenvalue weighted by atomic mass is 10.1. The van der Waals surface area contributed by atoms with Gasteiger partial charge in [-0.3, -0.25) is 4.79 Å². The number of nitrogens with one attached hydrogen (secondary N) is 1. The second kappa shape index (κ2) is 10.5. The molecule has 37 heavy (non-hydrogen) atoms. The van der Waals surface area contributed by atoms with Gasteiger partial charge in [-0.05, 0) is 54.1 Å². The second-order valence-electron chi connectivity index (χ2n) is 8.28. The summed E-state index contributed by atoms with van der Waals surface area (Å²) >= 11 is 0. The molecule has 0 aliphatic heterocycles. The first-order valence-corrected chi connectivity index (χ1v) is 11.6. The third kappa shape index (κ3) is 5.37. The average molecular weight is 485 g/mol. The van der Waals surface area contributed by atoms with Crippen molar-refractivity contribution in [1.82, 2.24) is 9.78 Å². The first-order chi connectivity index (χ1) is 18.1. The minimum atomic E-state index is -0.566. The van der Waals surface area contributed by atoms with Crippen LogP contribution in [0, 0.1) is 17.1 Å². The molecule has 0 saturated carbocycles. The van der Waals surface area contributed by atoms with Crippen molar-refractivity contribution in [3.05, 3.63) is 132 Å². The Labute approximate surface area is 213 Å². The Morgan fingerprint density at radius 2 is 1.46 bits per heavy atom. The summed E-state index contributed by atoms with van der Waals surface area (Å²) in [4.78, 5) is 12.6. The van der Waals surface area contributed by atoms with Crippen molar-refractivity contribution in [2.24, 2.45) is 0 Å². The average Bonchev–Trinajstić information content (AvgIpc) is 3.40. The number of carbonyl (C=O) groups is 1. The number of carbonyl (C=O) groups excluding carboxylic acids is 1. The Hall–Kier alpha value is -5.28. The molecule has 5 rings (SSSR count). The number of benzene rings is 4. The minimum absolute atomic E-state index is 0.0625. The molecule has 0 aliphatic carbocycles. The van der Waals surface area contributed by atoms with Crippen LogP contribution in [0.25, 0.3) is 34.3 Å². The molecule has 0 fully saturated rings. The van der Waals surface area contributed by atoms with E-state index in [0.29, 0.717) is 11.3 Å². The highest BCUT2D eigenvalue weighted by molar-refractivity contribution is 6.09. The molecule has 1 amide bonds. The van der Waals surface area contributed by atoms with Crippen LogP contribution in [0.3, 0.4) is 0 Å². The normalized spacial score (nSPS) is 11.1. The molecule has 0 aliphatic rings. The Morgan fingerprint density at radius 1 is 0.838 bits per heavy atom. The Morgan fingerprint density at radius 3 is 2.08 bits per heavy atom. The molecule has 4 aromatic carbocycles. The van der Waals surface area contributed by atoms with Gasteiger partial charge in [0.05, 0.1) is 17.1 Å². The van der Waals surface area contributed by atoms with E-state index in [0.717, 1.165) is 28.2 Å². The number of anilines is 1. The predicted octanol–water partition coefficient (Wildman–Crippen LogP) is 6.89. The fourth-order valence-electron chi connectivity index (χ4n) is 3.90. The van der Waals surface area contributed by atoms with Gasteiger partial charge in [0.15, 0.2) is 0 Å². The van der Waals surface area contributed by atoms with Gasteiger partial charge in [-0.25, -0.2) is 9.07 Å². The van der Waals surface area contributed by atoms with E-state index in [1.54, 1.807) is 0 Å². The molecule has 1 heterocycles. The maximum absolute atomic E-state index is 13.1. The summed E-state index contributed by atoms with van der Waals surface area (Å²) in [6, 6.07) is 36.8. The third-order valence-electron chi connectivity index (χ3n) is 5.76. The number of nitrogens with zero attached hydrogens (tertiary/aromatic N) is 3. The smallest absolute Gasteiger partial charge is 0.266 e. The summed E-state index contributed by atoms with van der Waals surface area (Å²) < 4.78 is 15.0. The molecule has 0 spiro atoms. The number of hydrogen-bond donors (Lipinski definition) is 1. The van der Waals surface area contributed by atoms with E-state index in [1.165, 1.54) is 30.3 Å². The largest absolute Gasteiger partial charge is 0.321 e. The van der Waals surface area contributed by atoms with Crippen molar-refractivity contribution in [2.75, 3.05) is 5.32 Å². The van der Waals surface area contributed by atoms with E-state index in [2.05, 4.69) is 11.4 Å². The molecule has 0 unspecified atom stereocenters. The minimum Gasteiger partial charge on any atom is -0.321 e. The van der Waals surface area contributed by atoms with Gasteiger partial charge in [0.2, 0.25) is 0 Å². The van der Waals surface area contributed by atoms with E-state index in [-0.39, 0.29) is 5.57 Å². The number of hydrogen-bond acceptors (Lipinski definition) is 3.